The number of hydrogen-bond donors (Lipinski definition) is 2. The quantitative estimate of drug-likeness (QED) is 0.844. The first-order chi connectivity index (χ1) is 8.58. The van der Waals surface area contributed by atoms with Crippen LogP contribution in [0.3, 0.4) is 0 Å². The first-order valence-electron chi connectivity index (χ1n) is 5.67. The third-order valence-corrected chi connectivity index (χ3v) is 2.60. The van der Waals surface area contributed by atoms with Gasteiger partial charge in [-0.2, -0.15) is 0 Å². The van der Waals surface area contributed by atoms with Crippen LogP contribution in [0.4, 0.5) is 0 Å². The molecule has 0 saturated heterocycles. The molecule has 0 saturated carbocycles. The molecule has 3 N–H and O–H groups in total. The topological polar surface area (TPSA) is 81.1 Å². The molecule has 1 aromatic carbocycles. The Labute approximate surface area is 105 Å². The van der Waals surface area contributed by atoms with Gasteiger partial charge in [-0.05, 0) is 19.1 Å². The molecular weight excluding hydrogens is 230 g/mol. The third-order valence-electron chi connectivity index (χ3n) is 2.60. The lowest BCUT2D eigenvalue weighted by atomic mass is 10.1. The van der Waals surface area contributed by atoms with Gasteiger partial charge in [0.05, 0.1) is 6.10 Å². The molecule has 0 unspecified atom stereocenters. The number of aliphatic hydroxyl groups excluding tert-OH is 1. The van der Waals surface area contributed by atoms with Crippen molar-refractivity contribution in [3.05, 3.63) is 42.2 Å². The minimum Gasteiger partial charge on any atom is -0.392 e. The number of nitrogens with zero attached hydrogens (tertiary/aromatic N) is 2. The van der Waals surface area contributed by atoms with Crippen molar-refractivity contribution in [3.63, 3.8) is 0 Å². The van der Waals surface area contributed by atoms with Gasteiger partial charge in [-0.1, -0.05) is 12.1 Å². The molecular formula is C13H15N3O2. The van der Waals surface area contributed by atoms with Crippen molar-refractivity contribution in [2.24, 2.45) is 5.73 Å². The maximum absolute atomic E-state index is 11.0. The predicted octanol–water partition coefficient (Wildman–Crippen LogP) is 1.03. The van der Waals surface area contributed by atoms with Crippen LogP contribution in [0.25, 0.3) is 11.4 Å². The number of aromatic nitrogens is 2. The van der Waals surface area contributed by atoms with Crippen molar-refractivity contribution in [1.82, 2.24) is 9.55 Å². The Morgan fingerprint density at radius 1 is 1.44 bits per heavy atom. The van der Waals surface area contributed by atoms with Crippen LogP contribution >= 0.6 is 0 Å². The predicted molar refractivity (Wildman–Crippen MR) is 67.9 cm³/mol. The third kappa shape index (κ3) is 2.57. The molecule has 0 aliphatic rings. The second-order valence-electron chi connectivity index (χ2n) is 4.19. The molecule has 18 heavy (non-hydrogen) atoms. The second-order valence-corrected chi connectivity index (χ2v) is 4.19. The molecule has 1 atom stereocenters. The van der Waals surface area contributed by atoms with Crippen LogP contribution in [0.15, 0.2) is 36.7 Å². The molecule has 1 heterocycles. The van der Waals surface area contributed by atoms with E-state index in [1.165, 1.54) is 0 Å². The number of amides is 1. The number of rotatable bonds is 4. The Kier molecular flexibility index (Phi) is 3.43. The second kappa shape index (κ2) is 5.01. The summed E-state index contributed by atoms with van der Waals surface area (Å²) in [5.41, 5.74) is 6.53. The van der Waals surface area contributed by atoms with Gasteiger partial charge in [-0.25, -0.2) is 4.98 Å². The Bertz CT molecular complexity index is 544. The van der Waals surface area contributed by atoms with E-state index in [4.69, 9.17) is 5.73 Å². The standard InChI is InChI=1S/C13H15N3O2/c1-9(17)8-16-7-6-15-13(16)11-4-2-10(3-5-11)12(14)18/h2-7,9,17H,8H2,1H3,(H2,14,18)/t9-/m0/s1. The Morgan fingerprint density at radius 2 is 2.11 bits per heavy atom. The molecule has 0 fully saturated rings. The van der Waals surface area contributed by atoms with E-state index in [1.807, 2.05) is 10.8 Å². The van der Waals surface area contributed by atoms with Gasteiger partial charge >= 0.3 is 0 Å². The molecule has 1 aromatic heterocycles. The Hall–Kier alpha value is -2.14. The van der Waals surface area contributed by atoms with Gasteiger partial charge in [0.15, 0.2) is 0 Å². The highest BCUT2D eigenvalue weighted by atomic mass is 16.3. The lowest BCUT2D eigenvalue weighted by molar-refractivity contribution is 0.100. The first kappa shape index (κ1) is 12.3. The lowest BCUT2D eigenvalue weighted by Gasteiger charge is -2.09. The van der Waals surface area contributed by atoms with Crippen LogP contribution in [-0.4, -0.2) is 26.7 Å². The maximum Gasteiger partial charge on any atom is 0.248 e. The van der Waals surface area contributed by atoms with E-state index in [2.05, 4.69) is 4.98 Å². The molecule has 5 heteroatoms. The average molecular weight is 245 g/mol. The zero-order valence-electron chi connectivity index (χ0n) is 10.1. The van der Waals surface area contributed by atoms with E-state index >= 15 is 0 Å². The molecule has 2 rings (SSSR count). The van der Waals surface area contributed by atoms with Crippen LogP contribution < -0.4 is 5.73 Å². The van der Waals surface area contributed by atoms with Crippen LogP contribution in [0.1, 0.15) is 17.3 Å². The largest absolute Gasteiger partial charge is 0.392 e. The highest BCUT2D eigenvalue weighted by Gasteiger charge is 2.08. The molecule has 0 spiro atoms. The number of benzene rings is 1. The van der Waals surface area contributed by atoms with Crippen LogP contribution in [-0.2, 0) is 6.54 Å². The zero-order valence-corrected chi connectivity index (χ0v) is 10.1. The molecule has 5 nitrogen and oxygen atoms in total. The van der Waals surface area contributed by atoms with Crippen molar-refractivity contribution in [1.29, 1.82) is 0 Å². The molecule has 0 bridgehead atoms. The summed E-state index contributed by atoms with van der Waals surface area (Å²) in [5.74, 6) is 0.306. The number of carbonyl (C=O) groups excluding carboxylic acids is 1. The van der Waals surface area contributed by atoms with Crippen molar-refractivity contribution >= 4 is 5.91 Å². The van der Waals surface area contributed by atoms with Crippen LogP contribution in [0.5, 0.6) is 0 Å². The highest BCUT2D eigenvalue weighted by Crippen LogP contribution is 2.18. The van der Waals surface area contributed by atoms with E-state index in [0.717, 1.165) is 11.4 Å². The number of hydrogen-bond acceptors (Lipinski definition) is 3. The number of carbonyl (C=O) groups is 1. The van der Waals surface area contributed by atoms with Gasteiger partial charge < -0.3 is 15.4 Å². The maximum atomic E-state index is 11.0. The smallest absolute Gasteiger partial charge is 0.248 e. The van der Waals surface area contributed by atoms with E-state index in [1.54, 1.807) is 37.4 Å². The van der Waals surface area contributed by atoms with Crippen LogP contribution in [0.2, 0.25) is 0 Å². The number of imidazole rings is 1. The summed E-state index contributed by atoms with van der Waals surface area (Å²) in [7, 11) is 0. The minimum absolute atomic E-state index is 0.442. The van der Waals surface area contributed by atoms with Crippen molar-refractivity contribution < 1.29 is 9.90 Å². The van der Waals surface area contributed by atoms with Crippen molar-refractivity contribution in [3.8, 4) is 11.4 Å². The molecule has 0 aliphatic heterocycles. The Balaban J connectivity index is 2.31. The van der Waals surface area contributed by atoms with Gasteiger partial charge in [0.2, 0.25) is 5.91 Å². The summed E-state index contributed by atoms with van der Waals surface area (Å²) >= 11 is 0. The average Bonchev–Trinajstić information content (AvgIpc) is 2.76. The summed E-state index contributed by atoms with van der Waals surface area (Å²) in [6.45, 7) is 2.20. The summed E-state index contributed by atoms with van der Waals surface area (Å²) in [4.78, 5) is 15.2. The minimum atomic E-state index is -0.450. The molecule has 0 aliphatic carbocycles. The van der Waals surface area contributed by atoms with Gasteiger partial charge in [0.1, 0.15) is 5.82 Å². The summed E-state index contributed by atoms with van der Waals surface area (Å²) < 4.78 is 1.87. The fourth-order valence-corrected chi connectivity index (χ4v) is 1.79. The van der Waals surface area contributed by atoms with E-state index in [-0.39, 0.29) is 0 Å². The lowest BCUT2D eigenvalue weighted by Crippen LogP contribution is -2.12. The number of primary amides is 1. The Morgan fingerprint density at radius 3 is 2.67 bits per heavy atom. The monoisotopic (exact) mass is 245 g/mol. The molecule has 2 aromatic rings. The van der Waals surface area contributed by atoms with Crippen LogP contribution in [0, 0.1) is 0 Å². The summed E-state index contributed by atoms with van der Waals surface area (Å²) in [6.07, 6.45) is 3.05. The van der Waals surface area contributed by atoms with Crippen molar-refractivity contribution in [2.45, 2.75) is 19.6 Å². The normalized spacial score (nSPS) is 12.3. The summed E-state index contributed by atoms with van der Waals surface area (Å²) in [5, 5.41) is 9.40. The van der Waals surface area contributed by atoms with E-state index in [0.29, 0.717) is 12.1 Å². The van der Waals surface area contributed by atoms with Gasteiger partial charge in [0.25, 0.3) is 0 Å². The van der Waals surface area contributed by atoms with E-state index in [9.17, 15) is 9.90 Å². The first-order valence-corrected chi connectivity index (χ1v) is 5.67. The highest BCUT2D eigenvalue weighted by molar-refractivity contribution is 5.93. The SMILES string of the molecule is C[C@H](O)Cn1ccnc1-c1ccc(C(N)=O)cc1. The van der Waals surface area contributed by atoms with Gasteiger partial charge in [0, 0.05) is 30.1 Å². The van der Waals surface area contributed by atoms with Gasteiger partial charge in [-0.15, -0.1) is 0 Å². The van der Waals surface area contributed by atoms with E-state index < -0.39 is 12.0 Å². The molecule has 0 radical (unpaired) electrons. The number of nitrogens with two attached hydrogens (primary N) is 1. The number of aliphatic hydroxyl groups is 1. The molecule has 1 amide bonds. The zero-order chi connectivity index (χ0) is 13.1. The van der Waals surface area contributed by atoms with Crippen molar-refractivity contribution in [2.75, 3.05) is 0 Å². The van der Waals surface area contributed by atoms with Gasteiger partial charge in [-0.3, -0.25) is 4.79 Å². The molecule has 94 valence electrons. The fraction of sp³-hybridized carbons (Fsp3) is 0.231. The summed E-state index contributed by atoms with van der Waals surface area (Å²) in [6, 6.07) is 6.92. The fourth-order valence-electron chi connectivity index (χ4n) is 1.79.